The first-order valence-corrected chi connectivity index (χ1v) is 12.0. The highest BCUT2D eigenvalue weighted by molar-refractivity contribution is 7.90. The van der Waals surface area contributed by atoms with Gasteiger partial charge in [0.2, 0.25) is 0 Å². The van der Waals surface area contributed by atoms with Crippen molar-refractivity contribution in [3.63, 3.8) is 0 Å². The normalized spacial score (nSPS) is 15.9. The average Bonchev–Trinajstić information content (AvgIpc) is 3.09. The van der Waals surface area contributed by atoms with E-state index < -0.39 is 27.6 Å². The minimum atomic E-state index is -3.32. The van der Waals surface area contributed by atoms with Crippen LogP contribution in [0.15, 0.2) is 64.3 Å². The van der Waals surface area contributed by atoms with Crippen molar-refractivity contribution in [1.82, 2.24) is 9.80 Å². The Kier molecular flexibility index (Phi) is 6.09. The molecule has 4 rings (SSSR count). The number of rotatable bonds is 5. The largest absolute Gasteiger partial charge is 0.431 e. The number of nitrogens with zero attached hydrogens (tertiary/aromatic N) is 3. The maximum absolute atomic E-state index is 13.3. The lowest BCUT2D eigenvalue weighted by Gasteiger charge is -2.21. The molecule has 0 spiro atoms. The van der Waals surface area contributed by atoms with Gasteiger partial charge in [-0.15, -0.1) is 4.99 Å². The van der Waals surface area contributed by atoms with E-state index in [1.807, 2.05) is 0 Å². The zero-order valence-corrected chi connectivity index (χ0v) is 18.9. The summed E-state index contributed by atoms with van der Waals surface area (Å²) in [5.41, 5.74) is 1.14. The van der Waals surface area contributed by atoms with E-state index in [-0.39, 0.29) is 41.3 Å². The zero-order valence-electron chi connectivity index (χ0n) is 17.3. The molecule has 33 heavy (non-hydrogen) atoms. The van der Waals surface area contributed by atoms with Crippen LogP contribution in [-0.2, 0) is 25.9 Å². The maximum Gasteiger partial charge on any atom is 0.348 e. The molecule has 0 radical (unpaired) electrons. The van der Waals surface area contributed by atoms with Crippen LogP contribution in [0, 0.1) is 5.82 Å². The Morgan fingerprint density at radius 3 is 2.61 bits per heavy atom. The fraction of sp³-hybridized carbons (Fsp3) is 0.190. The molecule has 0 aromatic heterocycles. The Labute approximate surface area is 194 Å². The Morgan fingerprint density at radius 1 is 1.21 bits per heavy atom. The van der Waals surface area contributed by atoms with Crippen molar-refractivity contribution >= 4 is 45.1 Å². The second-order valence-corrected chi connectivity index (χ2v) is 9.79. The molecule has 172 valence electrons. The third kappa shape index (κ3) is 4.99. The monoisotopic (exact) mass is 492 g/mol. The number of amidine groups is 1. The Balaban J connectivity index is 1.44. The van der Waals surface area contributed by atoms with Crippen LogP contribution in [0.3, 0.4) is 0 Å². The first-order valence-electron chi connectivity index (χ1n) is 9.69. The van der Waals surface area contributed by atoms with E-state index in [1.165, 1.54) is 40.3 Å². The smallest absolute Gasteiger partial charge is 0.348 e. The lowest BCUT2D eigenvalue weighted by Crippen LogP contribution is -2.36. The topological polar surface area (TPSA) is 108 Å². The molecule has 0 bridgehead atoms. The van der Waals surface area contributed by atoms with E-state index in [0.717, 1.165) is 17.9 Å². The number of halogens is 2. The number of amides is 3. The van der Waals surface area contributed by atoms with Crippen LogP contribution in [0.2, 0.25) is 5.02 Å². The second kappa shape index (κ2) is 8.83. The number of hydrogen-bond donors (Lipinski definition) is 1. The van der Waals surface area contributed by atoms with E-state index in [1.54, 1.807) is 12.1 Å². The van der Waals surface area contributed by atoms with Gasteiger partial charge in [0, 0.05) is 31.6 Å². The molecule has 12 heteroatoms. The van der Waals surface area contributed by atoms with Crippen LogP contribution in [0.25, 0.3) is 0 Å². The standard InChI is InChI=1S/C21H18ClFN4O5S/c1-33(30,31)15-5-2-13(3-6-15)11-26-8-9-27-18(12-32-21(27)25-20(26)29)19(28)24-14-4-7-17(23)16(22)10-14/h2-7,10,12H,8-9,11H2,1H3,(H,24,28). The summed E-state index contributed by atoms with van der Waals surface area (Å²) in [6, 6.07) is 9.42. The summed E-state index contributed by atoms with van der Waals surface area (Å²) in [6.45, 7) is 0.665. The summed E-state index contributed by atoms with van der Waals surface area (Å²) in [5.74, 6) is -1.15. The van der Waals surface area contributed by atoms with Crippen molar-refractivity contribution in [3.8, 4) is 0 Å². The predicted octanol–water partition coefficient (Wildman–Crippen LogP) is 2.99. The van der Waals surface area contributed by atoms with Gasteiger partial charge in [0.15, 0.2) is 9.84 Å². The Morgan fingerprint density at radius 2 is 1.94 bits per heavy atom. The molecule has 0 fully saturated rings. The number of carbonyl (C=O) groups is 2. The molecule has 0 atom stereocenters. The predicted molar refractivity (Wildman–Crippen MR) is 119 cm³/mol. The minimum absolute atomic E-state index is 0.0304. The minimum Gasteiger partial charge on any atom is -0.431 e. The maximum atomic E-state index is 13.3. The van der Waals surface area contributed by atoms with Crippen LogP contribution >= 0.6 is 11.6 Å². The number of urea groups is 1. The highest BCUT2D eigenvalue weighted by atomic mass is 35.5. The molecule has 2 heterocycles. The molecule has 3 amide bonds. The van der Waals surface area contributed by atoms with Crippen molar-refractivity contribution in [2.75, 3.05) is 24.7 Å². The highest BCUT2D eigenvalue weighted by Crippen LogP contribution is 2.23. The van der Waals surface area contributed by atoms with Gasteiger partial charge in [-0.1, -0.05) is 23.7 Å². The van der Waals surface area contributed by atoms with E-state index in [4.69, 9.17) is 16.3 Å². The second-order valence-electron chi connectivity index (χ2n) is 7.37. The summed E-state index contributed by atoms with van der Waals surface area (Å²) in [7, 11) is -3.32. The summed E-state index contributed by atoms with van der Waals surface area (Å²) < 4.78 is 41.9. The van der Waals surface area contributed by atoms with Gasteiger partial charge in [-0.05, 0) is 35.9 Å². The summed E-state index contributed by atoms with van der Waals surface area (Å²) in [5, 5.41) is 2.47. The number of benzene rings is 2. The lowest BCUT2D eigenvalue weighted by atomic mass is 10.2. The van der Waals surface area contributed by atoms with Crippen molar-refractivity contribution in [1.29, 1.82) is 0 Å². The van der Waals surface area contributed by atoms with Crippen LogP contribution in [0.4, 0.5) is 14.9 Å². The van der Waals surface area contributed by atoms with Gasteiger partial charge in [-0.3, -0.25) is 9.69 Å². The molecular formula is C21H18ClFN4O5S. The number of ether oxygens (including phenoxy) is 1. The fourth-order valence-electron chi connectivity index (χ4n) is 3.26. The van der Waals surface area contributed by atoms with Crippen LogP contribution in [0.1, 0.15) is 5.56 Å². The molecule has 2 aliphatic rings. The Hall–Kier alpha value is -3.44. The number of sulfone groups is 1. The van der Waals surface area contributed by atoms with E-state index in [9.17, 15) is 22.4 Å². The molecule has 2 aromatic carbocycles. The van der Waals surface area contributed by atoms with Gasteiger partial charge in [-0.25, -0.2) is 17.6 Å². The average molecular weight is 493 g/mol. The third-order valence-corrected chi connectivity index (χ3v) is 6.41. The fourth-order valence-corrected chi connectivity index (χ4v) is 4.08. The first-order chi connectivity index (χ1) is 15.6. The van der Waals surface area contributed by atoms with Crippen LogP contribution in [-0.4, -0.2) is 55.5 Å². The van der Waals surface area contributed by atoms with Gasteiger partial charge in [0.1, 0.15) is 17.8 Å². The number of aliphatic imine (C=N–C) groups is 1. The molecule has 2 aromatic rings. The van der Waals surface area contributed by atoms with Gasteiger partial charge < -0.3 is 15.0 Å². The van der Waals surface area contributed by atoms with Crippen molar-refractivity contribution in [2.24, 2.45) is 4.99 Å². The van der Waals surface area contributed by atoms with Gasteiger partial charge in [-0.2, -0.15) is 0 Å². The number of nitrogens with one attached hydrogen (secondary N) is 1. The van der Waals surface area contributed by atoms with E-state index in [2.05, 4.69) is 10.3 Å². The van der Waals surface area contributed by atoms with Crippen molar-refractivity contribution < 1.29 is 27.1 Å². The van der Waals surface area contributed by atoms with Crippen LogP contribution < -0.4 is 5.32 Å². The molecule has 2 aliphatic heterocycles. The number of carbonyl (C=O) groups excluding carboxylic acids is 2. The van der Waals surface area contributed by atoms with Crippen molar-refractivity contribution in [2.45, 2.75) is 11.4 Å². The van der Waals surface area contributed by atoms with Gasteiger partial charge in [0.05, 0.1) is 9.92 Å². The summed E-state index contributed by atoms with van der Waals surface area (Å²) >= 11 is 5.75. The Bertz CT molecular complexity index is 1290. The zero-order chi connectivity index (χ0) is 23.8. The van der Waals surface area contributed by atoms with E-state index in [0.29, 0.717) is 5.69 Å². The number of hydrogen-bond acceptors (Lipinski definition) is 6. The molecule has 1 N–H and O–H groups in total. The van der Waals surface area contributed by atoms with Crippen molar-refractivity contribution in [3.05, 3.63) is 70.8 Å². The molecule has 0 saturated carbocycles. The first kappa shape index (κ1) is 22.7. The lowest BCUT2D eigenvalue weighted by molar-refractivity contribution is -0.113. The molecule has 0 unspecified atom stereocenters. The summed E-state index contributed by atoms with van der Waals surface area (Å²) in [4.78, 5) is 32.3. The SMILES string of the molecule is CS(=O)(=O)c1ccc(CN2CCN3C(C(=O)Nc4ccc(F)c(Cl)c4)=COC3=NC2=O)cc1. The number of fused-ring (bicyclic) bond motifs is 1. The summed E-state index contributed by atoms with van der Waals surface area (Å²) in [6.07, 6.45) is 2.31. The van der Waals surface area contributed by atoms with Gasteiger partial charge >= 0.3 is 12.1 Å². The van der Waals surface area contributed by atoms with Crippen LogP contribution in [0.5, 0.6) is 0 Å². The molecule has 0 aliphatic carbocycles. The highest BCUT2D eigenvalue weighted by Gasteiger charge is 2.34. The third-order valence-electron chi connectivity index (χ3n) is 4.99. The quantitative estimate of drug-likeness (QED) is 0.687. The van der Waals surface area contributed by atoms with E-state index >= 15 is 0 Å². The van der Waals surface area contributed by atoms with Gasteiger partial charge in [0.25, 0.3) is 5.91 Å². The molecular weight excluding hydrogens is 475 g/mol. The molecule has 9 nitrogen and oxygen atoms in total. The number of anilines is 1. The molecule has 0 saturated heterocycles.